The van der Waals surface area contributed by atoms with E-state index in [0.29, 0.717) is 0 Å². The maximum absolute atomic E-state index is 13.2. The standard InChI is InChI=1S/C21H34N4O/c1-18-7-6-8-19(17-18)20(22(2)3)21(26)25-15-13-24(14-16-25)12-11-23-9-4-5-10-23/h6-8,17,20H,4-5,9-16H2,1-3H3/t20-/m1/s1. The summed E-state index contributed by atoms with van der Waals surface area (Å²) in [5, 5.41) is 0. The van der Waals surface area contributed by atoms with Crippen molar-refractivity contribution in [2.45, 2.75) is 25.8 Å². The van der Waals surface area contributed by atoms with E-state index in [-0.39, 0.29) is 11.9 Å². The van der Waals surface area contributed by atoms with Gasteiger partial charge in [0.05, 0.1) is 0 Å². The van der Waals surface area contributed by atoms with Gasteiger partial charge in [-0.25, -0.2) is 0 Å². The van der Waals surface area contributed by atoms with Gasteiger partial charge in [-0.3, -0.25) is 14.6 Å². The summed E-state index contributed by atoms with van der Waals surface area (Å²) in [6.45, 7) is 10.6. The topological polar surface area (TPSA) is 30.0 Å². The second kappa shape index (κ2) is 8.98. The minimum Gasteiger partial charge on any atom is -0.338 e. The summed E-state index contributed by atoms with van der Waals surface area (Å²) in [5.41, 5.74) is 2.30. The molecule has 2 fully saturated rings. The highest BCUT2D eigenvalue weighted by Crippen LogP contribution is 2.22. The highest BCUT2D eigenvalue weighted by molar-refractivity contribution is 5.83. The van der Waals surface area contributed by atoms with Gasteiger partial charge in [0.25, 0.3) is 0 Å². The second-order valence-corrected chi connectivity index (χ2v) is 8.00. The van der Waals surface area contributed by atoms with Crippen LogP contribution in [-0.4, -0.2) is 92.0 Å². The molecule has 2 aliphatic rings. The molecule has 1 amide bonds. The molecule has 0 bridgehead atoms. The molecule has 0 aliphatic carbocycles. The summed E-state index contributed by atoms with van der Waals surface area (Å²) in [5.74, 6) is 0.236. The predicted molar refractivity (Wildman–Crippen MR) is 106 cm³/mol. The lowest BCUT2D eigenvalue weighted by Gasteiger charge is -2.38. The third-order valence-electron chi connectivity index (χ3n) is 5.72. The number of likely N-dealkylation sites (tertiary alicyclic amines) is 1. The number of carbonyl (C=O) groups is 1. The van der Waals surface area contributed by atoms with Gasteiger partial charge in [-0.05, 0) is 52.5 Å². The number of piperazine rings is 1. The van der Waals surface area contributed by atoms with Crippen molar-refractivity contribution in [1.82, 2.24) is 19.6 Å². The molecule has 2 aliphatic heterocycles. The summed E-state index contributed by atoms with van der Waals surface area (Å²) >= 11 is 0. The molecule has 26 heavy (non-hydrogen) atoms. The average Bonchev–Trinajstić information content (AvgIpc) is 3.14. The molecular weight excluding hydrogens is 324 g/mol. The quantitative estimate of drug-likeness (QED) is 0.776. The van der Waals surface area contributed by atoms with Gasteiger partial charge < -0.3 is 9.80 Å². The average molecular weight is 359 g/mol. The zero-order chi connectivity index (χ0) is 18.5. The lowest BCUT2D eigenvalue weighted by Crippen LogP contribution is -2.52. The Morgan fingerprint density at radius 1 is 1.00 bits per heavy atom. The van der Waals surface area contributed by atoms with E-state index in [1.54, 1.807) is 0 Å². The molecule has 3 rings (SSSR count). The van der Waals surface area contributed by atoms with Crippen LogP contribution < -0.4 is 0 Å². The van der Waals surface area contributed by atoms with E-state index in [1.807, 2.05) is 25.1 Å². The molecule has 5 heteroatoms. The number of hydrogen-bond donors (Lipinski definition) is 0. The van der Waals surface area contributed by atoms with Crippen molar-refractivity contribution < 1.29 is 4.79 Å². The van der Waals surface area contributed by atoms with E-state index in [4.69, 9.17) is 0 Å². The Hall–Kier alpha value is -1.43. The molecule has 2 heterocycles. The van der Waals surface area contributed by atoms with Crippen molar-refractivity contribution in [3.8, 4) is 0 Å². The zero-order valence-corrected chi connectivity index (χ0v) is 16.7. The number of rotatable bonds is 6. The van der Waals surface area contributed by atoms with Crippen LogP contribution in [0.4, 0.5) is 0 Å². The summed E-state index contributed by atoms with van der Waals surface area (Å²) in [6.07, 6.45) is 2.71. The Labute approximate surface area is 158 Å². The summed E-state index contributed by atoms with van der Waals surface area (Å²) < 4.78 is 0. The van der Waals surface area contributed by atoms with Crippen LogP contribution in [0.1, 0.15) is 30.0 Å². The van der Waals surface area contributed by atoms with Crippen LogP contribution in [0.2, 0.25) is 0 Å². The fourth-order valence-electron chi connectivity index (χ4n) is 4.16. The first kappa shape index (κ1) is 19.3. The Kier molecular flexibility index (Phi) is 6.68. The maximum Gasteiger partial charge on any atom is 0.244 e. The molecule has 1 aromatic rings. The zero-order valence-electron chi connectivity index (χ0n) is 16.7. The van der Waals surface area contributed by atoms with Crippen LogP contribution in [-0.2, 0) is 4.79 Å². The van der Waals surface area contributed by atoms with Gasteiger partial charge in [0, 0.05) is 39.3 Å². The van der Waals surface area contributed by atoms with Gasteiger partial charge in [-0.1, -0.05) is 29.8 Å². The monoisotopic (exact) mass is 358 g/mol. The van der Waals surface area contributed by atoms with Crippen LogP contribution in [0.25, 0.3) is 0 Å². The summed E-state index contributed by atoms with van der Waals surface area (Å²) in [6, 6.07) is 8.15. The minimum absolute atomic E-state index is 0.189. The van der Waals surface area contributed by atoms with Crippen molar-refractivity contribution in [1.29, 1.82) is 0 Å². The van der Waals surface area contributed by atoms with Gasteiger partial charge in [-0.2, -0.15) is 0 Å². The number of nitrogens with zero attached hydrogens (tertiary/aromatic N) is 4. The number of likely N-dealkylation sites (N-methyl/N-ethyl adjacent to an activating group) is 1. The molecule has 1 aromatic carbocycles. The third kappa shape index (κ3) is 4.84. The largest absolute Gasteiger partial charge is 0.338 e. The molecule has 0 N–H and O–H groups in total. The molecule has 0 unspecified atom stereocenters. The molecule has 0 saturated carbocycles. The second-order valence-electron chi connectivity index (χ2n) is 8.00. The van der Waals surface area contributed by atoms with E-state index in [0.717, 1.165) is 38.3 Å². The lowest BCUT2D eigenvalue weighted by atomic mass is 10.0. The van der Waals surface area contributed by atoms with E-state index < -0.39 is 0 Å². The number of aryl methyl sites for hydroxylation is 1. The maximum atomic E-state index is 13.2. The van der Waals surface area contributed by atoms with E-state index in [2.05, 4.69) is 39.8 Å². The van der Waals surface area contributed by atoms with Crippen LogP contribution in [0.5, 0.6) is 0 Å². The summed E-state index contributed by atoms with van der Waals surface area (Å²) in [4.78, 5) is 22.4. The Morgan fingerprint density at radius 3 is 2.19 bits per heavy atom. The molecular formula is C21H34N4O. The number of carbonyl (C=O) groups excluding carboxylic acids is 1. The van der Waals surface area contributed by atoms with E-state index in [9.17, 15) is 4.79 Å². The van der Waals surface area contributed by atoms with Gasteiger partial charge >= 0.3 is 0 Å². The van der Waals surface area contributed by atoms with Crippen LogP contribution in [0.15, 0.2) is 24.3 Å². The fourth-order valence-corrected chi connectivity index (χ4v) is 4.16. The molecule has 144 valence electrons. The SMILES string of the molecule is Cc1cccc([C@H](C(=O)N2CCN(CCN3CCCC3)CC2)N(C)C)c1. The molecule has 2 saturated heterocycles. The van der Waals surface area contributed by atoms with Gasteiger partial charge in [0.1, 0.15) is 6.04 Å². The van der Waals surface area contributed by atoms with Crippen LogP contribution in [0, 0.1) is 6.92 Å². The van der Waals surface area contributed by atoms with Crippen LogP contribution >= 0.6 is 0 Å². The first-order valence-corrected chi connectivity index (χ1v) is 10.0. The van der Waals surface area contributed by atoms with Gasteiger partial charge in [0.15, 0.2) is 0 Å². The van der Waals surface area contributed by atoms with Crippen molar-refractivity contribution >= 4 is 5.91 Å². The van der Waals surface area contributed by atoms with E-state index in [1.165, 1.54) is 38.0 Å². The van der Waals surface area contributed by atoms with Crippen LogP contribution in [0.3, 0.4) is 0 Å². The van der Waals surface area contributed by atoms with Crippen molar-refractivity contribution in [3.63, 3.8) is 0 Å². The Morgan fingerprint density at radius 2 is 1.62 bits per heavy atom. The third-order valence-corrected chi connectivity index (χ3v) is 5.72. The van der Waals surface area contributed by atoms with Crippen molar-refractivity contribution in [2.24, 2.45) is 0 Å². The highest BCUT2D eigenvalue weighted by Gasteiger charge is 2.30. The predicted octanol–water partition coefficient (Wildman–Crippen LogP) is 1.84. The number of amides is 1. The van der Waals surface area contributed by atoms with Crippen molar-refractivity contribution in [3.05, 3.63) is 35.4 Å². The fraction of sp³-hybridized carbons (Fsp3) is 0.667. The number of benzene rings is 1. The lowest BCUT2D eigenvalue weighted by molar-refractivity contribution is -0.138. The molecule has 5 nitrogen and oxygen atoms in total. The first-order chi connectivity index (χ1) is 12.5. The van der Waals surface area contributed by atoms with Crippen molar-refractivity contribution in [2.75, 3.05) is 66.5 Å². The van der Waals surface area contributed by atoms with Gasteiger partial charge in [0.2, 0.25) is 5.91 Å². The Bertz CT molecular complexity index is 589. The number of hydrogen-bond acceptors (Lipinski definition) is 4. The Balaban J connectivity index is 1.54. The van der Waals surface area contributed by atoms with Gasteiger partial charge in [-0.15, -0.1) is 0 Å². The molecule has 1 atom stereocenters. The molecule has 0 radical (unpaired) electrons. The molecule has 0 aromatic heterocycles. The minimum atomic E-state index is -0.189. The highest BCUT2D eigenvalue weighted by atomic mass is 16.2. The van der Waals surface area contributed by atoms with E-state index >= 15 is 0 Å². The molecule has 0 spiro atoms. The smallest absolute Gasteiger partial charge is 0.244 e. The first-order valence-electron chi connectivity index (χ1n) is 10.0. The normalized spacial score (nSPS) is 20.7. The summed E-state index contributed by atoms with van der Waals surface area (Å²) in [7, 11) is 3.99.